The topological polar surface area (TPSA) is 9.23 Å². The molecule has 0 fully saturated rings. The third kappa shape index (κ3) is 6.68. The molecule has 1 nitrogen and oxygen atoms in total. The molecule has 0 aliphatic heterocycles. The fourth-order valence-corrected chi connectivity index (χ4v) is 0.708. The van der Waals surface area contributed by atoms with E-state index in [1.165, 1.54) is 6.42 Å². The van der Waals surface area contributed by atoms with Gasteiger partial charge in [-0.1, -0.05) is 24.6 Å². The molecule has 0 radical (unpaired) electrons. The predicted octanol–water partition coefficient (Wildman–Crippen LogP) is 2.55. The van der Waals surface area contributed by atoms with E-state index in [-0.39, 0.29) is 8.16 Å². The Hall–Kier alpha value is 0.680. The molecule has 0 spiro atoms. The smallest absolute Gasteiger partial charge is 0.110 e. The summed E-state index contributed by atoms with van der Waals surface area (Å²) in [5.74, 6) is 0. The summed E-state index contributed by atoms with van der Waals surface area (Å²) in [5, 5.41) is 0. The zero-order valence-electron chi connectivity index (χ0n) is 4.41. The van der Waals surface area contributed by atoms with Crippen LogP contribution in [0.1, 0.15) is 19.8 Å². The van der Waals surface area contributed by atoms with Gasteiger partial charge < -0.3 is 4.52 Å². The Bertz CT molecular complexity index is 30.9. The highest BCUT2D eigenvalue weighted by Gasteiger charge is 1.79. The Morgan fingerprint density at radius 3 is 2.86 bits per heavy atom. The van der Waals surface area contributed by atoms with Gasteiger partial charge in [-0.15, -0.1) is 0 Å². The first-order chi connectivity index (χ1) is 3.41. The van der Waals surface area contributed by atoms with E-state index in [0.717, 1.165) is 13.0 Å². The summed E-state index contributed by atoms with van der Waals surface area (Å²) in [4.78, 5) is 0. The van der Waals surface area contributed by atoms with Crippen molar-refractivity contribution in [1.29, 1.82) is 0 Å². The van der Waals surface area contributed by atoms with Gasteiger partial charge in [-0.05, 0) is 6.42 Å². The van der Waals surface area contributed by atoms with Crippen LogP contribution in [0.2, 0.25) is 0 Å². The van der Waals surface area contributed by atoms with Crippen LogP contribution in [0.4, 0.5) is 0 Å². The molecule has 0 rings (SSSR count). The van der Waals surface area contributed by atoms with Gasteiger partial charge in [0.05, 0.1) is 6.61 Å². The zero-order valence-corrected chi connectivity index (χ0v) is 6.16. The van der Waals surface area contributed by atoms with Crippen molar-refractivity contribution >= 4 is 19.4 Å². The second kappa shape index (κ2) is 6.68. The summed E-state index contributed by atoms with van der Waals surface area (Å²) in [6.07, 6.45) is 2.31. The minimum absolute atomic E-state index is 0.140. The lowest BCUT2D eigenvalue weighted by Gasteiger charge is -1.92. The van der Waals surface area contributed by atoms with Gasteiger partial charge in [-0.3, -0.25) is 0 Å². The third-order valence-electron chi connectivity index (χ3n) is 0.655. The van der Waals surface area contributed by atoms with Crippen molar-refractivity contribution in [3.63, 3.8) is 0 Å². The summed E-state index contributed by atoms with van der Waals surface area (Å²) in [5.41, 5.74) is 0. The average molecular weight is 141 g/mol. The summed E-state index contributed by atoms with van der Waals surface area (Å²) in [6, 6.07) is 0. The Morgan fingerprint density at radius 2 is 2.43 bits per heavy atom. The molecule has 0 saturated carbocycles. The van der Waals surface area contributed by atoms with Crippen molar-refractivity contribution in [2.24, 2.45) is 0 Å². The molecule has 0 aliphatic carbocycles. The summed E-state index contributed by atoms with van der Waals surface area (Å²) in [7, 11) is 0.140. The van der Waals surface area contributed by atoms with E-state index in [4.69, 9.17) is 15.8 Å². The molecule has 0 saturated heterocycles. The molecule has 0 aromatic heterocycles. The van der Waals surface area contributed by atoms with E-state index in [9.17, 15) is 0 Å². The third-order valence-corrected chi connectivity index (χ3v) is 1.30. The summed E-state index contributed by atoms with van der Waals surface area (Å²) >= 11 is 5.24. The van der Waals surface area contributed by atoms with Crippen molar-refractivity contribution < 1.29 is 4.52 Å². The molecule has 44 valence electrons. The maximum atomic E-state index is 5.24. The van der Waals surface area contributed by atoms with Crippen LogP contribution >= 0.6 is 19.4 Å². The van der Waals surface area contributed by atoms with Gasteiger partial charge in [0.1, 0.15) is 8.16 Å². The molecule has 0 aromatic rings. The van der Waals surface area contributed by atoms with Crippen LogP contribution in [0.5, 0.6) is 0 Å². The van der Waals surface area contributed by atoms with E-state index in [0.29, 0.717) is 0 Å². The van der Waals surface area contributed by atoms with Crippen LogP contribution in [-0.2, 0) is 4.52 Å². The molecule has 0 aromatic carbocycles. The Labute approximate surface area is 51.0 Å². The SMILES string of the molecule is CCCCOPCl. The lowest BCUT2D eigenvalue weighted by molar-refractivity contribution is 0.358. The maximum absolute atomic E-state index is 5.24. The number of unbranched alkanes of at least 4 members (excludes halogenated alkanes) is 1. The van der Waals surface area contributed by atoms with Crippen LogP contribution in [0.25, 0.3) is 0 Å². The normalized spacial score (nSPS) is 11.1. The number of halogens is 1. The second-order valence-corrected chi connectivity index (χ2v) is 2.19. The van der Waals surface area contributed by atoms with Crippen LogP contribution in [0.15, 0.2) is 0 Å². The summed E-state index contributed by atoms with van der Waals surface area (Å²) in [6.45, 7) is 2.94. The quantitative estimate of drug-likeness (QED) is 0.431. The van der Waals surface area contributed by atoms with Gasteiger partial charge >= 0.3 is 0 Å². The molecular formula is C4H10ClOP. The molecule has 0 heterocycles. The first-order valence-corrected chi connectivity index (χ1v) is 4.31. The molecule has 0 amide bonds. The van der Waals surface area contributed by atoms with Crippen molar-refractivity contribution in [3.05, 3.63) is 0 Å². The molecule has 0 bridgehead atoms. The van der Waals surface area contributed by atoms with Crippen molar-refractivity contribution in [2.75, 3.05) is 6.61 Å². The van der Waals surface area contributed by atoms with Crippen LogP contribution in [0.3, 0.4) is 0 Å². The van der Waals surface area contributed by atoms with Gasteiger partial charge in [0.2, 0.25) is 0 Å². The van der Waals surface area contributed by atoms with Gasteiger partial charge in [-0.25, -0.2) is 0 Å². The van der Waals surface area contributed by atoms with E-state index in [1.807, 2.05) is 0 Å². The van der Waals surface area contributed by atoms with Gasteiger partial charge in [-0.2, -0.15) is 0 Å². The van der Waals surface area contributed by atoms with E-state index >= 15 is 0 Å². The van der Waals surface area contributed by atoms with Crippen molar-refractivity contribution in [3.8, 4) is 0 Å². The van der Waals surface area contributed by atoms with E-state index in [1.54, 1.807) is 0 Å². The molecule has 7 heavy (non-hydrogen) atoms. The zero-order chi connectivity index (χ0) is 5.54. The van der Waals surface area contributed by atoms with Crippen molar-refractivity contribution in [2.45, 2.75) is 19.8 Å². The first-order valence-electron chi connectivity index (χ1n) is 2.39. The van der Waals surface area contributed by atoms with Crippen LogP contribution < -0.4 is 0 Å². The minimum atomic E-state index is 0.140. The Balaban J connectivity index is 2.45. The lowest BCUT2D eigenvalue weighted by Crippen LogP contribution is -1.79. The lowest BCUT2D eigenvalue weighted by atomic mass is 10.4. The minimum Gasteiger partial charge on any atom is -0.346 e. The largest absolute Gasteiger partial charge is 0.346 e. The monoisotopic (exact) mass is 140 g/mol. The Kier molecular flexibility index (Phi) is 7.33. The van der Waals surface area contributed by atoms with Gasteiger partial charge in [0.25, 0.3) is 0 Å². The van der Waals surface area contributed by atoms with Crippen LogP contribution in [-0.4, -0.2) is 6.61 Å². The molecule has 3 heteroatoms. The van der Waals surface area contributed by atoms with Gasteiger partial charge in [0, 0.05) is 0 Å². The fraction of sp³-hybridized carbons (Fsp3) is 1.00. The molecular weight excluding hydrogens is 130 g/mol. The number of hydrogen-bond acceptors (Lipinski definition) is 1. The number of hydrogen-bond donors (Lipinski definition) is 0. The highest BCUT2D eigenvalue weighted by atomic mass is 35.7. The molecule has 0 N–H and O–H groups in total. The average Bonchev–Trinajstić information content (AvgIpc) is 1.69. The number of rotatable bonds is 4. The Morgan fingerprint density at radius 1 is 1.71 bits per heavy atom. The van der Waals surface area contributed by atoms with Gasteiger partial charge in [0.15, 0.2) is 0 Å². The van der Waals surface area contributed by atoms with Crippen LogP contribution in [0, 0.1) is 0 Å². The first kappa shape index (κ1) is 7.68. The van der Waals surface area contributed by atoms with E-state index in [2.05, 4.69) is 6.92 Å². The highest BCUT2D eigenvalue weighted by Crippen LogP contribution is 2.16. The van der Waals surface area contributed by atoms with E-state index < -0.39 is 0 Å². The standard InChI is InChI=1S/C4H10ClOP/c1-2-3-4-6-7-5/h7H,2-4H2,1H3. The maximum Gasteiger partial charge on any atom is 0.110 e. The molecule has 1 atom stereocenters. The second-order valence-electron chi connectivity index (χ2n) is 1.28. The predicted molar refractivity (Wildman–Crippen MR) is 35.0 cm³/mol. The van der Waals surface area contributed by atoms with Crippen molar-refractivity contribution in [1.82, 2.24) is 0 Å². The molecule has 1 unspecified atom stereocenters. The molecule has 0 aliphatic rings. The highest BCUT2D eigenvalue weighted by molar-refractivity contribution is 7.64. The fourth-order valence-electron chi connectivity index (χ4n) is 0.255. The summed E-state index contributed by atoms with van der Waals surface area (Å²) < 4.78 is 4.87.